The maximum Gasteiger partial charge on any atom is -0.0295 e. The van der Waals surface area contributed by atoms with Crippen molar-refractivity contribution in [2.24, 2.45) is 35.0 Å². The van der Waals surface area contributed by atoms with Crippen molar-refractivity contribution in [3.05, 3.63) is 12.2 Å². The van der Waals surface area contributed by atoms with Gasteiger partial charge in [-0.05, 0) is 81.0 Å². The summed E-state index contributed by atoms with van der Waals surface area (Å²) in [5.41, 5.74) is 0.700. The molecule has 5 unspecified atom stereocenters. The van der Waals surface area contributed by atoms with E-state index >= 15 is 0 Å². The highest BCUT2D eigenvalue weighted by Gasteiger charge is 2.55. The Kier molecular flexibility index (Phi) is 11.2. The fourth-order valence-corrected chi connectivity index (χ4v) is 5.22. The van der Waals surface area contributed by atoms with Crippen molar-refractivity contribution < 1.29 is 0 Å². The molecule has 3 fully saturated rings. The van der Waals surface area contributed by atoms with E-state index in [0.717, 1.165) is 29.6 Å². The van der Waals surface area contributed by atoms with E-state index in [2.05, 4.69) is 20.8 Å². The molecule has 0 radical (unpaired) electrons. The van der Waals surface area contributed by atoms with Crippen molar-refractivity contribution in [1.29, 1.82) is 0 Å². The second-order valence-corrected chi connectivity index (χ2v) is 7.70. The Labute approximate surface area is 148 Å². The summed E-state index contributed by atoms with van der Waals surface area (Å²) >= 11 is 0. The van der Waals surface area contributed by atoms with Gasteiger partial charge in [0.05, 0.1) is 0 Å². The zero-order chi connectivity index (χ0) is 18.0. The highest BCUT2D eigenvalue weighted by molar-refractivity contribution is 5.05. The van der Waals surface area contributed by atoms with E-state index in [1.165, 1.54) is 6.42 Å². The maximum atomic E-state index is 2.58. The monoisotopic (exact) mass is 322 g/mol. The second-order valence-electron chi connectivity index (χ2n) is 7.70. The van der Waals surface area contributed by atoms with Gasteiger partial charge in [-0.1, -0.05) is 67.0 Å². The molecule has 5 atom stereocenters. The fourth-order valence-electron chi connectivity index (χ4n) is 5.22. The summed E-state index contributed by atoms with van der Waals surface area (Å²) in [7, 11) is 0. The average molecular weight is 323 g/mol. The summed E-state index contributed by atoms with van der Waals surface area (Å²) in [6.45, 7) is 19.4. The van der Waals surface area contributed by atoms with Gasteiger partial charge in [0.15, 0.2) is 0 Å². The van der Waals surface area contributed by atoms with Crippen LogP contribution in [-0.2, 0) is 0 Å². The van der Waals surface area contributed by atoms with Crippen LogP contribution >= 0.6 is 0 Å². The zero-order valence-corrected chi connectivity index (χ0v) is 17.8. The van der Waals surface area contributed by atoms with Crippen molar-refractivity contribution in [2.75, 3.05) is 0 Å². The highest BCUT2D eigenvalue weighted by atomic mass is 14.6. The van der Waals surface area contributed by atoms with Crippen LogP contribution in [0.1, 0.15) is 101 Å². The molecule has 3 aliphatic carbocycles. The molecule has 0 N–H and O–H groups in total. The van der Waals surface area contributed by atoms with Crippen LogP contribution in [0.25, 0.3) is 0 Å². The molecule has 2 bridgehead atoms. The van der Waals surface area contributed by atoms with Gasteiger partial charge in [-0.2, -0.15) is 0 Å². The van der Waals surface area contributed by atoms with E-state index in [4.69, 9.17) is 0 Å². The van der Waals surface area contributed by atoms with Crippen LogP contribution in [0.15, 0.2) is 12.2 Å². The number of fused-ring (bicyclic) bond motifs is 5. The summed E-state index contributed by atoms with van der Waals surface area (Å²) in [6, 6.07) is 0. The molecular weight excluding hydrogens is 276 g/mol. The topological polar surface area (TPSA) is 0 Å². The van der Waals surface area contributed by atoms with Crippen LogP contribution in [0.4, 0.5) is 0 Å². The molecule has 138 valence electrons. The van der Waals surface area contributed by atoms with Gasteiger partial charge in [0, 0.05) is 0 Å². The molecule has 0 aromatic carbocycles. The van der Waals surface area contributed by atoms with Gasteiger partial charge in [0.25, 0.3) is 0 Å². The lowest BCUT2D eigenvalue weighted by atomic mass is 9.73. The minimum atomic E-state index is 0.700. The van der Waals surface area contributed by atoms with Crippen molar-refractivity contribution in [2.45, 2.75) is 101 Å². The summed E-state index contributed by atoms with van der Waals surface area (Å²) in [5.74, 6) is 5.52. The molecule has 0 heteroatoms. The second kappa shape index (κ2) is 11.3. The predicted octanol–water partition coefficient (Wildman–Crippen LogP) is 8.13. The number of rotatable bonds is 2. The molecule has 0 aliphatic heterocycles. The molecule has 23 heavy (non-hydrogen) atoms. The Bertz CT molecular complexity index is 292. The maximum absolute atomic E-state index is 2.58. The van der Waals surface area contributed by atoms with Crippen LogP contribution in [0.5, 0.6) is 0 Å². The quantitative estimate of drug-likeness (QED) is 0.450. The number of hydrogen-bond donors (Lipinski definition) is 0. The number of hydrogen-bond acceptors (Lipinski definition) is 0. The fraction of sp³-hybridized carbons (Fsp3) is 0.913. The van der Waals surface area contributed by atoms with Crippen molar-refractivity contribution in [1.82, 2.24) is 0 Å². The van der Waals surface area contributed by atoms with Gasteiger partial charge in [-0.15, -0.1) is 0 Å². The van der Waals surface area contributed by atoms with E-state index in [1.807, 2.05) is 53.7 Å². The minimum Gasteiger partial charge on any atom is -0.0919 e. The Morgan fingerprint density at radius 3 is 1.61 bits per heavy atom. The van der Waals surface area contributed by atoms with Gasteiger partial charge in [-0.25, -0.2) is 0 Å². The predicted molar refractivity (Wildman–Crippen MR) is 108 cm³/mol. The normalized spacial score (nSPS) is 37.8. The van der Waals surface area contributed by atoms with Gasteiger partial charge in [0.1, 0.15) is 0 Å². The third-order valence-electron chi connectivity index (χ3n) is 6.81. The van der Waals surface area contributed by atoms with Gasteiger partial charge < -0.3 is 0 Å². The molecule has 3 saturated carbocycles. The largest absolute Gasteiger partial charge is 0.0919 e. The van der Waals surface area contributed by atoms with Gasteiger partial charge in [-0.3, -0.25) is 0 Å². The molecule has 0 aromatic heterocycles. The smallest absolute Gasteiger partial charge is 0.0295 e. The summed E-state index contributed by atoms with van der Waals surface area (Å²) in [6.07, 6.45) is 13.3. The third kappa shape index (κ3) is 5.36. The molecule has 0 amide bonds. The minimum absolute atomic E-state index is 0.700. The first-order valence-electron chi connectivity index (χ1n) is 10.6. The standard InChI is InChI=1S/C15H26.C4H8.2C2H6/c1-4-10(2)15(3)8-13-11-5-6-12(7-11)14(13)9-15;1-3-4-2;2*1-2/h10-14H,4-9H2,1-3H3;3-4H,1-2H3;2*1-2H3/b;4-3-;;. The van der Waals surface area contributed by atoms with E-state index in [1.54, 1.807) is 32.1 Å². The molecule has 0 aromatic rings. The first-order chi connectivity index (χ1) is 11.1. The van der Waals surface area contributed by atoms with E-state index in [9.17, 15) is 0 Å². The summed E-state index contributed by atoms with van der Waals surface area (Å²) < 4.78 is 0. The van der Waals surface area contributed by atoms with Crippen molar-refractivity contribution in [3.63, 3.8) is 0 Å². The van der Waals surface area contributed by atoms with Gasteiger partial charge >= 0.3 is 0 Å². The molecule has 3 aliphatic rings. The molecular formula is C23H46. The Balaban J connectivity index is 0.000000523. The van der Waals surface area contributed by atoms with Crippen LogP contribution in [0.2, 0.25) is 0 Å². The lowest BCUT2D eigenvalue weighted by Gasteiger charge is -2.32. The first-order valence-corrected chi connectivity index (χ1v) is 10.6. The average Bonchev–Trinajstić information content (AvgIpc) is 3.29. The highest BCUT2D eigenvalue weighted by Crippen LogP contribution is 2.64. The molecule has 0 nitrogen and oxygen atoms in total. The first kappa shape index (κ1) is 22.7. The SMILES string of the molecule is C/C=C\C.CC.CC.CCC(C)C1(C)CC2C3CCC(C3)C2C1. The van der Waals surface area contributed by atoms with Crippen LogP contribution < -0.4 is 0 Å². The Morgan fingerprint density at radius 2 is 1.30 bits per heavy atom. The molecule has 0 saturated heterocycles. The summed E-state index contributed by atoms with van der Waals surface area (Å²) in [4.78, 5) is 0. The Hall–Kier alpha value is -0.260. The van der Waals surface area contributed by atoms with Crippen molar-refractivity contribution in [3.8, 4) is 0 Å². The summed E-state index contributed by atoms with van der Waals surface area (Å²) in [5, 5.41) is 0. The molecule has 0 heterocycles. The lowest BCUT2D eigenvalue weighted by Crippen LogP contribution is -2.23. The van der Waals surface area contributed by atoms with Crippen LogP contribution in [0.3, 0.4) is 0 Å². The third-order valence-corrected chi connectivity index (χ3v) is 6.81. The zero-order valence-electron chi connectivity index (χ0n) is 17.8. The van der Waals surface area contributed by atoms with Crippen LogP contribution in [0, 0.1) is 35.0 Å². The van der Waals surface area contributed by atoms with E-state index in [0.29, 0.717) is 5.41 Å². The van der Waals surface area contributed by atoms with Crippen molar-refractivity contribution >= 4 is 0 Å². The van der Waals surface area contributed by atoms with E-state index < -0.39 is 0 Å². The van der Waals surface area contributed by atoms with Gasteiger partial charge in [0.2, 0.25) is 0 Å². The Morgan fingerprint density at radius 1 is 0.913 bits per heavy atom. The molecule has 0 spiro atoms. The van der Waals surface area contributed by atoms with E-state index in [-0.39, 0.29) is 0 Å². The number of allylic oxidation sites excluding steroid dienone is 2. The lowest BCUT2D eigenvalue weighted by molar-refractivity contribution is 0.179. The molecule has 3 rings (SSSR count). The van der Waals surface area contributed by atoms with Crippen LogP contribution in [-0.4, -0.2) is 0 Å².